The van der Waals surface area contributed by atoms with E-state index in [1.807, 2.05) is 37.3 Å². The maximum Gasteiger partial charge on any atom is 0.167 e. The Hall–Kier alpha value is -1.09. The quantitative estimate of drug-likeness (QED) is 0.758. The van der Waals surface area contributed by atoms with Gasteiger partial charge in [0.05, 0.1) is 5.39 Å². The van der Waals surface area contributed by atoms with E-state index >= 15 is 0 Å². The molecule has 0 aliphatic rings. The summed E-state index contributed by atoms with van der Waals surface area (Å²) in [4.78, 5) is 0. The minimum Gasteiger partial charge on any atom is -0.356 e. The van der Waals surface area contributed by atoms with Crippen molar-refractivity contribution in [2.75, 3.05) is 0 Å². The lowest BCUT2D eigenvalue weighted by Crippen LogP contribution is -1.71. The average Bonchev–Trinajstić information content (AvgIpc) is 2.49. The van der Waals surface area contributed by atoms with Gasteiger partial charge in [0.1, 0.15) is 5.69 Å². The van der Waals surface area contributed by atoms with Gasteiger partial charge in [-0.15, -0.1) is 0 Å². The Kier molecular flexibility index (Phi) is 2.19. The molecule has 2 aromatic rings. The first-order valence-electron chi connectivity index (χ1n) is 3.99. The monoisotopic (exact) mass is 237 g/mol. The van der Waals surface area contributed by atoms with Gasteiger partial charge in [-0.25, -0.2) is 0 Å². The Balaban J connectivity index is 2.71. The van der Waals surface area contributed by atoms with Crippen LogP contribution in [0.25, 0.3) is 17.0 Å². The Morgan fingerprint density at radius 2 is 2.31 bits per heavy atom. The van der Waals surface area contributed by atoms with E-state index in [0.717, 1.165) is 21.1 Å². The minimum atomic E-state index is 0.816. The van der Waals surface area contributed by atoms with Crippen LogP contribution >= 0.6 is 15.9 Å². The van der Waals surface area contributed by atoms with Gasteiger partial charge in [-0.3, -0.25) is 0 Å². The van der Waals surface area contributed by atoms with E-state index < -0.39 is 0 Å². The molecular formula is C10H8BrNO. The van der Waals surface area contributed by atoms with Crippen molar-refractivity contribution < 1.29 is 4.52 Å². The van der Waals surface area contributed by atoms with Crippen LogP contribution in [-0.2, 0) is 0 Å². The predicted octanol–water partition coefficient (Wildman–Crippen LogP) is 3.62. The SMILES string of the molecule is C/C=C/c1noc2ccc(Br)cc12. The number of nitrogens with zero attached hydrogens (tertiary/aromatic N) is 1. The zero-order chi connectivity index (χ0) is 9.26. The van der Waals surface area contributed by atoms with E-state index in [1.54, 1.807) is 0 Å². The summed E-state index contributed by atoms with van der Waals surface area (Å²) in [5.74, 6) is 0. The molecule has 2 nitrogen and oxygen atoms in total. The van der Waals surface area contributed by atoms with Crippen molar-refractivity contribution in [1.82, 2.24) is 5.16 Å². The highest BCUT2D eigenvalue weighted by Gasteiger charge is 2.04. The Morgan fingerprint density at radius 1 is 1.46 bits per heavy atom. The van der Waals surface area contributed by atoms with Gasteiger partial charge in [0.15, 0.2) is 5.58 Å². The Labute approximate surface area is 84.4 Å². The second-order valence-corrected chi connectivity index (χ2v) is 3.62. The number of rotatable bonds is 1. The fraction of sp³-hybridized carbons (Fsp3) is 0.100. The second kappa shape index (κ2) is 3.34. The minimum absolute atomic E-state index is 0.816. The summed E-state index contributed by atoms with van der Waals surface area (Å²) in [6.07, 6.45) is 3.87. The first-order valence-corrected chi connectivity index (χ1v) is 4.78. The Morgan fingerprint density at radius 3 is 3.08 bits per heavy atom. The molecular weight excluding hydrogens is 230 g/mol. The van der Waals surface area contributed by atoms with Crippen LogP contribution in [0.1, 0.15) is 12.6 Å². The molecule has 0 aliphatic heterocycles. The van der Waals surface area contributed by atoms with Crippen molar-refractivity contribution in [2.45, 2.75) is 6.92 Å². The normalized spacial score (nSPS) is 11.5. The molecule has 0 saturated carbocycles. The van der Waals surface area contributed by atoms with Gasteiger partial charge in [-0.05, 0) is 31.2 Å². The summed E-state index contributed by atoms with van der Waals surface area (Å²) in [5.41, 5.74) is 1.69. The van der Waals surface area contributed by atoms with Gasteiger partial charge in [-0.2, -0.15) is 0 Å². The largest absolute Gasteiger partial charge is 0.356 e. The van der Waals surface area contributed by atoms with E-state index in [-0.39, 0.29) is 0 Å². The average molecular weight is 238 g/mol. The highest BCUT2D eigenvalue weighted by molar-refractivity contribution is 9.10. The first-order chi connectivity index (χ1) is 6.31. The highest BCUT2D eigenvalue weighted by Crippen LogP contribution is 2.23. The van der Waals surface area contributed by atoms with Crippen LogP contribution in [0.4, 0.5) is 0 Å². The van der Waals surface area contributed by atoms with E-state index in [2.05, 4.69) is 21.1 Å². The fourth-order valence-electron chi connectivity index (χ4n) is 1.21. The van der Waals surface area contributed by atoms with E-state index in [4.69, 9.17) is 4.52 Å². The number of fused-ring (bicyclic) bond motifs is 1. The lowest BCUT2D eigenvalue weighted by Gasteiger charge is -1.88. The van der Waals surface area contributed by atoms with Crippen LogP contribution in [0.2, 0.25) is 0 Å². The molecule has 0 atom stereocenters. The van der Waals surface area contributed by atoms with Crippen LogP contribution in [0.5, 0.6) is 0 Å². The number of aromatic nitrogens is 1. The zero-order valence-corrected chi connectivity index (χ0v) is 8.71. The van der Waals surface area contributed by atoms with E-state index in [0.29, 0.717) is 0 Å². The number of hydrogen-bond acceptors (Lipinski definition) is 2. The molecule has 0 fully saturated rings. The van der Waals surface area contributed by atoms with Crippen LogP contribution in [0.15, 0.2) is 33.3 Å². The van der Waals surface area contributed by atoms with Gasteiger partial charge in [0.25, 0.3) is 0 Å². The van der Waals surface area contributed by atoms with E-state index in [1.165, 1.54) is 0 Å². The van der Waals surface area contributed by atoms with Gasteiger partial charge < -0.3 is 4.52 Å². The molecule has 0 bridgehead atoms. The van der Waals surface area contributed by atoms with Crippen LogP contribution < -0.4 is 0 Å². The summed E-state index contributed by atoms with van der Waals surface area (Å²) in [6, 6.07) is 5.84. The van der Waals surface area contributed by atoms with Crippen molar-refractivity contribution >= 4 is 33.0 Å². The number of hydrogen-bond donors (Lipinski definition) is 0. The van der Waals surface area contributed by atoms with Crippen LogP contribution in [-0.4, -0.2) is 5.16 Å². The molecule has 66 valence electrons. The number of allylic oxidation sites excluding steroid dienone is 1. The summed E-state index contributed by atoms with van der Waals surface area (Å²) in [6.45, 7) is 1.96. The van der Waals surface area contributed by atoms with Crippen LogP contribution in [0, 0.1) is 0 Å². The summed E-state index contributed by atoms with van der Waals surface area (Å²) in [5, 5.41) is 4.98. The van der Waals surface area contributed by atoms with Crippen molar-refractivity contribution in [3.05, 3.63) is 34.4 Å². The molecule has 0 radical (unpaired) electrons. The fourth-order valence-corrected chi connectivity index (χ4v) is 1.57. The van der Waals surface area contributed by atoms with Gasteiger partial charge in [-0.1, -0.05) is 27.2 Å². The van der Waals surface area contributed by atoms with Crippen molar-refractivity contribution in [2.24, 2.45) is 0 Å². The van der Waals surface area contributed by atoms with Gasteiger partial charge in [0, 0.05) is 4.47 Å². The standard InChI is InChI=1S/C10H8BrNO/c1-2-3-9-8-6-7(11)4-5-10(8)13-12-9/h2-6H,1H3/b3-2+. The molecule has 0 saturated heterocycles. The third kappa shape index (κ3) is 1.52. The third-order valence-corrected chi connectivity index (χ3v) is 2.28. The molecule has 0 spiro atoms. The Bertz CT molecular complexity index is 459. The molecule has 1 aromatic carbocycles. The lowest BCUT2D eigenvalue weighted by molar-refractivity contribution is 0.454. The molecule has 0 unspecified atom stereocenters. The molecule has 0 amide bonds. The summed E-state index contributed by atoms with van der Waals surface area (Å²) >= 11 is 3.41. The molecule has 1 heterocycles. The molecule has 3 heteroatoms. The van der Waals surface area contributed by atoms with Gasteiger partial charge in [0.2, 0.25) is 0 Å². The molecule has 13 heavy (non-hydrogen) atoms. The van der Waals surface area contributed by atoms with Crippen molar-refractivity contribution in [1.29, 1.82) is 0 Å². The smallest absolute Gasteiger partial charge is 0.167 e. The van der Waals surface area contributed by atoms with Crippen molar-refractivity contribution in [3.8, 4) is 0 Å². The summed E-state index contributed by atoms with van der Waals surface area (Å²) in [7, 11) is 0. The lowest BCUT2D eigenvalue weighted by atomic mass is 10.2. The third-order valence-electron chi connectivity index (χ3n) is 1.78. The molecule has 1 aromatic heterocycles. The zero-order valence-electron chi connectivity index (χ0n) is 7.12. The predicted molar refractivity (Wildman–Crippen MR) is 56.4 cm³/mol. The van der Waals surface area contributed by atoms with E-state index in [9.17, 15) is 0 Å². The highest BCUT2D eigenvalue weighted by atomic mass is 79.9. The first kappa shape index (κ1) is 8.51. The number of halogens is 1. The topological polar surface area (TPSA) is 26.0 Å². The second-order valence-electron chi connectivity index (χ2n) is 2.71. The van der Waals surface area contributed by atoms with Crippen LogP contribution in [0.3, 0.4) is 0 Å². The summed E-state index contributed by atoms with van der Waals surface area (Å²) < 4.78 is 6.17. The maximum atomic E-state index is 5.13. The van der Waals surface area contributed by atoms with Gasteiger partial charge >= 0.3 is 0 Å². The molecule has 0 aliphatic carbocycles. The maximum absolute atomic E-state index is 5.13. The van der Waals surface area contributed by atoms with Crippen molar-refractivity contribution in [3.63, 3.8) is 0 Å². The molecule has 0 N–H and O–H groups in total. The molecule has 2 rings (SSSR count). The number of benzene rings is 1.